The van der Waals surface area contributed by atoms with Crippen LogP contribution < -0.4 is 10.6 Å². The largest absolute Gasteiger partial charge is 0.416 e. The van der Waals surface area contributed by atoms with E-state index in [0.29, 0.717) is 18.7 Å². The molecule has 0 unspecified atom stereocenters. The van der Waals surface area contributed by atoms with Crippen molar-refractivity contribution in [2.75, 3.05) is 19.6 Å². The van der Waals surface area contributed by atoms with Crippen molar-refractivity contribution in [3.8, 4) is 0 Å². The maximum atomic E-state index is 12.8. The summed E-state index contributed by atoms with van der Waals surface area (Å²) in [6.45, 7) is 7.24. The molecule has 0 aliphatic rings. The first kappa shape index (κ1) is 21.7. The molecule has 0 aliphatic carbocycles. The zero-order valence-corrected chi connectivity index (χ0v) is 14.4. The second-order valence-corrected chi connectivity index (χ2v) is 5.71. The highest BCUT2D eigenvalue weighted by atomic mass is 35.5. The number of rotatable bonds is 7. The van der Waals surface area contributed by atoms with Gasteiger partial charge < -0.3 is 10.6 Å². The molecule has 2 N–H and O–H groups in total. The molecule has 132 valence electrons. The Bertz CT molecular complexity index is 504. The summed E-state index contributed by atoms with van der Waals surface area (Å²) in [6.07, 6.45) is -3.41. The number of hydrogen-bond acceptors (Lipinski definition) is 2. The van der Waals surface area contributed by atoms with Crippen LogP contribution in [0.15, 0.2) is 24.3 Å². The second kappa shape index (κ2) is 9.13. The molecule has 0 radical (unpaired) electrons. The van der Waals surface area contributed by atoms with Crippen LogP contribution in [0, 0.1) is 0 Å². The number of amides is 1. The molecule has 3 nitrogen and oxygen atoms in total. The van der Waals surface area contributed by atoms with Crippen LogP contribution >= 0.6 is 12.4 Å². The molecule has 0 aromatic heterocycles. The van der Waals surface area contributed by atoms with Gasteiger partial charge in [0, 0.05) is 13.1 Å². The van der Waals surface area contributed by atoms with E-state index in [4.69, 9.17) is 0 Å². The highest BCUT2D eigenvalue weighted by Crippen LogP contribution is 2.32. The average molecular weight is 353 g/mol. The van der Waals surface area contributed by atoms with Crippen molar-refractivity contribution >= 4 is 18.3 Å². The van der Waals surface area contributed by atoms with Crippen molar-refractivity contribution in [3.63, 3.8) is 0 Å². The summed E-state index contributed by atoms with van der Waals surface area (Å²) in [5, 5.41) is 5.90. The van der Waals surface area contributed by atoms with Crippen molar-refractivity contribution in [3.05, 3.63) is 35.4 Å². The first-order chi connectivity index (χ1) is 10.2. The van der Waals surface area contributed by atoms with Gasteiger partial charge in [-0.15, -0.1) is 12.4 Å². The number of halogens is 4. The van der Waals surface area contributed by atoms with Crippen LogP contribution in [0.5, 0.6) is 0 Å². The SMILES string of the molecule is CCCNCCNC(=O)C(C)(C)c1cccc(C(F)(F)F)c1.Cl. The highest BCUT2D eigenvalue weighted by molar-refractivity contribution is 5.87. The van der Waals surface area contributed by atoms with Crippen LogP contribution in [-0.4, -0.2) is 25.5 Å². The van der Waals surface area contributed by atoms with Gasteiger partial charge in [0.05, 0.1) is 11.0 Å². The fraction of sp³-hybridized carbons (Fsp3) is 0.562. The van der Waals surface area contributed by atoms with E-state index in [1.165, 1.54) is 6.07 Å². The lowest BCUT2D eigenvalue weighted by Crippen LogP contribution is -2.42. The van der Waals surface area contributed by atoms with E-state index in [2.05, 4.69) is 10.6 Å². The summed E-state index contributed by atoms with van der Waals surface area (Å²) in [6, 6.07) is 4.92. The van der Waals surface area contributed by atoms with Crippen LogP contribution in [0.3, 0.4) is 0 Å². The van der Waals surface area contributed by atoms with Crippen LogP contribution in [-0.2, 0) is 16.4 Å². The summed E-state index contributed by atoms with van der Waals surface area (Å²) < 4.78 is 38.3. The molecule has 0 fully saturated rings. The Morgan fingerprint density at radius 3 is 2.26 bits per heavy atom. The number of benzene rings is 1. The lowest BCUT2D eigenvalue weighted by molar-refractivity contribution is -0.137. The predicted octanol–water partition coefficient (Wildman–Crippen LogP) is 3.52. The number of nitrogens with one attached hydrogen (secondary N) is 2. The average Bonchev–Trinajstić information content (AvgIpc) is 2.46. The Labute approximate surface area is 141 Å². The third-order valence-electron chi connectivity index (χ3n) is 3.49. The Hall–Kier alpha value is -1.27. The topological polar surface area (TPSA) is 41.1 Å². The van der Waals surface area contributed by atoms with Crippen molar-refractivity contribution < 1.29 is 18.0 Å². The molecule has 7 heteroatoms. The van der Waals surface area contributed by atoms with Crippen molar-refractivity contribution in [2.24, 2.45) is 0 Å². The van der Waals surface area contributed by atoms with Gasteiger partial charge in [-0.1, -0.05) is 25.1 Å². The van der Waals surface area contributed by atoms with Gasteiger partial charge in [0.15, 0.2) is 0 Å². The first-order valence-corrected chi connectivity index (χ1v) is 7.36. The fourth-order valence-corrected chi connectivity index (χ4v) is 2.00. The van der Waals surface area contributed by atoms with E-state index >= 15 is 0 Å². The van der Waals surface area contributed by atoms with E-state index in [1.807, 2.05) is 6.92 Å². The lowest BCUT2D eigenvalue weighted by Gasteiger charge is -2.25. The lowest BCUT2D eigenvalue weighted by atomic mass is 9.83. The predicted molar refractivity (Wildman–Crippen MR) is 87.9 cm³/mol. The number of alkyl halides is 3. The minimum Gasteiger partial charge on any atom is -0.354 e. The molecule has 1 amide bonds. The summed E-state index contributed by atoms with van der Waals surface area (Å²) in [4.78, 5) is 12.2. The third kappa shape index (κ3) is 6.39. The van der Waals surface area contributed by atoms with Gasteiger partial charge in [0.2, 0.25) is 5.91 Å². The summed E-state index contributed by atoms with van der Waals surface area (Å²) >= 11 is 0. The molecule has 1 aromatic carbocycles. The summed E-state index contributed by atoms with van der Waals surface area (Å²) in [5.41, 5.74) is -1.41. The van der Waals surface area contributed by atoms with Crippen LogP contribution in [0.25, 0.3) is 0 Å². The quantitative estimate of drug-likeness (QED) is 0.737. The number of carbonyl (C=O) groups is 1. The van der Waals surface area contributed by atoms with Crippen LogP contribution in [0.1, 0.15) is 38.3 Å². The molecule has 0 bridgehead atoms. The van der Waals surface area contributed by atoms with Gasteiger partial charge in [0.25, 0.3) is 0 Å². The fourth-order valence-electron chi connectivity index (χ4n) is 2.00. The van der Waals surface area contributed by atoms with Gasteiger partial charge in [-0.3, -0.25) is 4.79 Å². The van der Waals surface area contributed by atoms with Gasteiger partial charge in [0.1, 0.15) is 0 Å². The molecule has 23 heavy (non-hydrogen) atoms. The molecule has 0 saturated carbocycles. The second-order valence-electron chi connectivity index (χ2n) is 5.71. The van der Waals surface area contributed by atoms with Gasteiger partial charge in [-0.2, -0.15) is 13.2 Å². The molecular formula is C16H24ClF3N2O. The Balaban J connectivity index is 0.00000484. The Morgan fingerprint density at radius 1 is 1.09 bits per heavy atom. The molecule has 0 aliphatic heterocycles. The maximum Gasteiger partial charge on any atom is 0.416 e. The number of carbonyl (C=O) groups excluding carboxylic acids is 1. The van der Waals surface area contributed by atoms with E-state index in [9.17, 15) is 18.0 Å². The molecule has 0 heterocycles. The highest BCUT2D eigenvalue weighted by Gasteiger charge is 2.34. The summed E-state index contributed by atoms with van der Waals surface area (Å²) in [5.74, 6) is -0.287. The minimum absolute atomic E-state index is 0. The van der Waals surface area contributed by atoms with Gasteiger partial charge in [-0.25, -0.2) is 0 Å². The zero-order valence-electron chi connectivity index (χ0n) is 13.6. The first-order valence-electron chi connectivity index (χ1n) is 7.36. The maximum absolute atomic E-state index is 12.8. The van der Waals surface area contributed by atoms with E-state index in [1.54, 1.807) is 19.9 Å². The van der Waals surface area contributed by atoms with Crippen LogP contribution in [0.4, 0.5) is 13.2 Å². The standard InChI is InChI=1S/C16H23F3N2O.ClH/c1-4-8-20-9-10-21-14(22)15(2,3)12-6-5-7-13(11-12)16(17,18)19;/h5-7,11,20H,4,8-10H2,1-3H3,(H,21,22);1H. The van der Waals surface area contributed by atoms with Crippen molar-refractivity contribution in [1.29, 1.82) is 0 Å². The molecule has 1 rings (SSSR count). The van der Waals surface area contributed by atoms with Gasteiger partial charge in [-0.05, 0) is 38.4 Å². The molecule has 0 spiro atoms. The summed E-state index contributed by atoms with van der Waals surface area (Å²) in [7, 11) is 0. The Kier molecular flexibility index (Phi) is 8.63. The van der Waals surface area contributed by atoms with Crippen molar-refractivity contribution in [1.82, 2.24) is 10.6 Å². The number of hydrogen-bond donors (Lipinski definition) is 2. The molecule has 1 aromatic rings. The van der Waals surface area contributed by atoms with Crippen LogP contribution in [0.2, 0.25) is 0 Å². The van der Waals surface area contributed by atoms with E-state index in [0.717, 1.165) is 25.1 Å². The minimum atomic E-state index is -4.41. The van der Waals surface area contributed by atoms with E-state index in [-0.39, 0.29) is 18.3 Å². The normalized spacial score (nSPS) is 11.7. The molecular weight excluding hydrogens is 329 g/mol. The monoisotopic (exact) mass is 352 g/mol. The Morgan fingerprint density at radius 2 is 1.70 bits per heavy atom. The van der Waals surface area contributed by atoms with Crippen molar-refractivity contribution in [2.45, 2.75) is 38.8 Å². The van der Waals surface area contributed by atoms with Gasteiger partial charge >= 0.3 is 6.18 Å². The third-order valence-corrected chi connectivity index (χ3v) is 3.49. The smallest absolute Gasteiger partial charge is 0.354 e. The molecule has 0 atom stereocenters. The van der Waals surface area contributed by atoms with E-state index < -0.39 is 17.2 Å². The zero-order chi connectivity index (χ0) is 16.8. The molecule has 0 saturated heterocycles.